The van der Waals surface area contributed by atoms with E-state index in [0.29, 0.717) is 5.82 Å². The smallest absolute Gasteiger partial charge is 0.255 e. The number of hydrogen-bond donors (Lipinski definition) is 3. The maximum Gasteiger partial charge on any atom is 0.255 e. The molecule has 1 aromatic carbocycles. The summed E-state index contributed by atoms with van der Waals surface area (Å²) in [6, 6.07) is 13.6. The lowest BCUT2D eigenvalue weighted by Gasteiger charge is -2.25. The van der Waals surface area contributed by atoms with Crippen molar-refractivity contribution < 1.29 is 14.7 Å². The molecule has 2 atom stereocenters. The van der Waals surface area contributed by atoms with Gasteiger partial charge in [-0.25, -0.2) is 9.67 Å². The molecule has 0 unspecified atom stereocenters. The van der Waals surface area contributed by atoms with Crippen LogP contribution in [0.5, 0.6) is 0 Å². The van der Waals surface area contributed by atoms with Crippen LogP contribution in [0.4, 0.5) is 0 Å². The zero-order valence-electron chi connectivity index (χ0n) is 19.0. The average molecular weight is 463 g/mol. The van der Waals surface area contributed by atoms with Crippen LogP contribution in [0.2, 0.25) is 0 Å². The third-order valence-electron chi connectivity index (χ3n) is 6.01. The first-order valence-electron chi connectivity index (χ1n) is 11.6. The van der Waals surface area contributed by atoms with Gasteiger partial charge in [0.15, 0.2) is 11.9 Å². The van der Waals surface area contributed by atoms with Crippen LogP contribution in [0.1, 0.15) is 40.9 Å². The number of primary amides is 1. The van der Waals surface area contributed by atoms with Gasteiger partial charge in [-0.1, -0.05) is 36.8 Å². The topological polar surface area (TPSA) is 126 Å². The fourth-order valence-electron chi connectivity index (χ4n) is 4.22. The van der Waals surface area contributed by atoms with E-state index in [-0.39, 0.29) is 12.0 Å². The van der Waals surface area contributed by atoms with Crippen molar-refractivity contribution in [2.75, 3.05) is 13.1 Å². The molecule has 3 aromatic rings. The van der Waals surface area contributed by atoms with Crippen molar-refractivity contribution >= 4 is 11.8 Å². The van der Waals surface area contributed by atoms with Gasteiger partial charge in [0.1, 0.15) is 0 Å². The fourth-order valence-corrected chi connectivity index (χ4v) is 4.22. The van der Waals surface area contributed by atoms with Gasteiger partial charge in [-0.05, 0) is 56.1 Å². The number of aliphatic hydroxyl groups excluding tert-OH is 1. The monoisotopic (exact) mass is 462 g/mol. The molecule has 1 fully saturated rings. The molecule has 4 rings (SSSR count). The van der Waals surface area contributed by atoms with E-state index in [1.165, 1.54) is 19.3 Å². The molecule has 178 valence electrons. The number of nitrogens with zero attached hydrogens (tertiary/aromatic N) is 4. The summed E-state index contributed by atoms with van der Waals surface area (Å²) in [4.78, 5) is 31.7. The number of aliphatic hydroxyl groups is 1. The second-order valence-electron chi connectivity index (χ2n) is 8.58. The number of piperidine rings is 1. The molecule has 4 N–H and O–H groups in total. The number of nitrogens with one attached hydrogen (secondary N) is 1. The molecule has 1 saturated heterocycles. The van der Waals surface area contributed by atoms with E-state index in [1.54, 1.807) is 29.2 Å². The largest absolute Gasteiger partial charge is 0.381 e. The Balaban J connectivity index is 1.52. The number of carbonyl (C=O) groups excluding carboxylic acids is 2. The van der Waals surface area contributed by atoms with Crippen LogP contribution in [0, 0.1) is 0 Å². The molecule has 34 heavy (non-hydrogen) atoms. The van der Waals surface area contributed by atoms with Crippen molar-refractivity contribution in [2.24, 2.45) is 5.73 Å². The molecule has 3 heterocycles. The van der Waals surface area contributed by atoms with Gasteiger partial charge >= 0.3 is 0 Å². The highest BCUT2D eigenvalue weighted by atomic mass is 16.3. The van der Waals surface area contributed by atoms with Crippen molar-refractivity contribution in [3.63, 3.8) is 0 Å². The summed E-state index contributed by atoms with van der Waals surface area (Å²) in [5.74, 6) is -1.00. The molecule has 2 amide bonds. The Hall–Kier alpha value is -3.56. The van der Waals surface area contributed by atoms with E-state index >= 15 is 0 Å². The Bertz CT molecular complexity index is 1110. The highest BCUT2D eigenvalue weighted by molar-refractivity contribution is 5.97. The molecule has 9 nitrogen and oxygen atoms in total. The first-order valence-corrected chi connectivity index (χ1v) is 11.6. The number of carbonyl (C=O) groups is 2. The van der Waals surface area contributed by atoms with Gasteiger partial charge in [0, 0.05) is 18.9 Å². The Morgan fingerprint density at radius 2 is 1.82 bits per heavy atom. The predicted molar refractivity (Wildman–Crippen MR) is 127 cm³/mol. The first kappa shape index (κ1) is 23.6. The zero-order chi connectivity index (χ0) is 23.9. The van der Waals surface area contributed by atoms with Gasteiger partial charge in [-0.2, -0.15) is 5.10 Å². The number of aromatic nitrogens is 3. The van der Waals surface area contributed by atoms with E-state index in [0.717, 1.165) is 30.9 Å². The number of amides is 2. The third-order valence-corrected chi connectivity index (χ3v) is 6.01. The molecule has 0 saturated carbocycles. The SMILES string of the molecule is NC(=O)[C@H](O)[C@@H](Cc1ccccc1)NC(=O)c1cccnc1-n1ccc(CN2CCCCC2)n1. The summed E-state index contributed by atoms with van der Waals surface area (Å²) in [5, 5.41) is 17.8. The maximum absolute atomic E-state index is 13.2. The fraction of sp³-hybridized carbons (Fsp3) is 0.360. The lowest BCUT2D eigenvalue weighted by atomic mass is 10.0. The van der Waals surface area contributed by atoms with Crippen molar-refractivity contribution in [2.45, 2.75) is 44.4 Å². The van der Waals surface area contributed by atoms with Crippen molar-refractivity contribution in [1.29, 1.82) is 0 Å². The molecular formula is C25H30N6O3. The van der Waals surface area contributed by atoms with Gasteiger partial charge in [0.2, 0.25) is 5.91 Å². The van der Waals surface area contributed by atoms with Gasteiger partial charge in [-0.3, -0.25) is 14.5 Å². The Morgan fingerprint density at radius 1 is 1.06 bits per heavy atom. The maximum atomic E-state index is 13.2. The number of hydrogen-bond acceptors (Lipinski definition) is 6. The van der Waals surface area contributed by atoms with Crippen molar-refractivity contribution in [1.82, 2.24) is 25.0 Å². The van der Waals surface area contributed by atoms with Crippen molar-refractivity contribution in [3.05, 3.63) is 77.7 Å². The number of nitrogens with two attached hydrogens (primary N) is 1. The quantitative estimate of drug-likeness (QED) is 0.442. The molecule has 0 radical (unpaired) electrons. The molecule has 0 spiro atoms. The van der Waals surface area contributed by atoms with Gasteiger partial charge in [0.05, 0.1) is 17.3 Å². The Morgan fingerprint density at radius 3 is 2.56 bits per heavy atom. The predicted octanol–water partition coefficient (Wildman–Crippen LogP) is 1.44. The summed E-state index contributed by atoms with van der Waals surface area (Å²) < 4.78 is 1.59. The van der Waals surface area contributed by atoms with Crippen LogP contribution in [0.3, 0.4) is 0 Å². The number of pyridine rings is 1. The summed E-state index contributed by atoms with van der Waals surface area (Å²) in [7, 11) is 0. The molecular weight excluding hydrogens is 432 g/mol. The Kier molecular flexibility index (Phi) is 7.66. The number of benzene rings is 1. The molecule has 2 aromatic heterocycles. The Labute approximate surface area is 198 Å². The average Bonchev–Trinajstić information content (AvgIpc) is 3.32. The van der Waals surface area contributed by atoms with E-state index < -0.39 is 24.0 Å². The van der Waals surface area contributed by atoms with E-state index in [4.69, 9.17) is 5.73 Å². The number of rotatable bonds is 9. The van der Waals surface area contributed by atoms with E-state index in [9.17, 15) is 14.7 Å². The summed E-state index contributed by atoms with van der Waals surface area (Å²) in [6.45, 7) is 2.88. The summed E-state index contributed by atoms with van der Waals surface area (Å²) >= 11 is 0. The third kappa shape index (κ3) is 5.86. The second kappa shape index (κ2) is 11.0. The molecule has 9 heteroatoms. The lowest BCUT2D eigenvalue weighted by molar-refractivity contribution is -0.127. The standard InChI is InChI=1S/C25H30N6O3/c26-23(33)22(32)21(16-18-8-3-1-4-9-18)28-25(34)20-10-7-12-27-24(20)31-15-11-19(29-31)17-30-13-5-2-6-14-30/h1,3-4,7-12,15,21-22,32H,2,5-6,13-14,16-17H2,(H2,26,33)(H,28,34)/t21-,22-/m1/s1. The van der Waals surface area contributed by atoms with E-state index in [2.05, 4.69) is 20.3 Å². The van der Waals surface area contributed by atoms with Crippen molar-refractivity contribution in [3.8, 4) is 5.82 Å². The van der Waals surface area contributed by atoms with Crippen LogP contribution in [-0.4, -0.2) is 61.8 Å². The van der Waals surface area contributed by atoms with Gasteiger partial charge < -0.3 is 16.2 Å². The van der Waals surface area contributed by atoms with Crippen LogP contribution in [0.15, 0.2) is 60.9 Å². The van der Waals surface area contributed by atoms with Crippen LogP contribution < -0.4 is 11.1 Å². The van der Waals surface area contributed by atoms with Gasteiger partial charge in [0.25, 0.3) is 5.91 Å². The first-order chi connectivity index (χ1) is 16.5. The molecule has 0 bridgehead atoms. The van der Waals surface area contributed by atoms with E-state index in [1.807, 2.05) is 36.4 Å². The minimum absolute atomic E-state index is 0.244. The molecule has 1 aliphatic heterocycles. The van der Waals surface area contributed by atoms with Crippen LogP contribution in [-0.2, 0) is 17.8 Å². The second-order valence-corrected chi connectivity index (χ2v) is 8.58. The highest BCUT2D eigenvalue weighted by Gasteiger charge is 2.28. The van der Waals surface area contributed by atoms with Crippen LogP contribution >= 0.6 is 0 Å². The van der Waals surface area contributed by atoms with Crippen LogP contribution in [0.25, 0.3) is 5.82 Å². The molecule has 0 aliphatic carbocycles. The zero-order valence-corrected chi connectivity index (χ0v) is 19.0. The molecule has 1 aliphatic rings. The normalized spacial score (nSPS) is 16.0. The van der Waals surface area contributed by atoms with Gasteiger partial charge in [-0.15, -0.1) is 0 Å². The summed E-state index contributed by atoms with van der Waals surface area (Å²) in [6.07, 6.45) is 5.76. The number of likely N-dealkylation sites (tertiary alicyclic amines) is 1. The lowest BCUT2D eigenvalue weighted by Crippen LogP contribution is -2.50. The summed E-state index contributed by atoms with van der Waals surface area (Å²) in [5.41, 5.74) is 7.38. The highest BCUT2D eigenvalue weighted by Crippen LogP contribution is 2.16. The minimum atomic E-state index is -1.54. The minimum Gasteiger partial charge on any atom is -0.381 e.